The fraction of sp³-hybridized carbons (Fsp3) is 0.600. The van der Waals surface area contributed by atoms with Crippen molar-refractivity contribution in [3.63, 3.8) is 0 Å². The first kappa shape index (κ1) is 14.0. The third-order valence-electron chi connectivity index (χ3n) is 4.38. The van der Waals surface area contributed by atoms with E-state index in [-0.39, 0.29) is 6.04 Å². The zero-order valence-electron chi connectivity index (χ0n) is 11.7. The quantitative estimate of drug-likeness (QED) is 0.834. The van der Waals surface area contributed by atoms with E-state index in [4.69, 9.17) is 0 Å². The van der Waals surface area contributed by atoms with Gasteiger partial charge in [-0.05, 0) is 12.0 Å². The Morgan fingerprint density at radius 2 is 1.75 bits per heavy atom. The highest BCUT2D eigenvalue weighted by molar-refractivity contribution is 7.91. The highest BCUT2D eigenvalue weighted by Gasteiger charge is 2.33. The van der Waals surface area contributed by atoms with Gasteiger partial charge in [-0.15, -0.1) is 0 Å². The number of rotatable bonds is 3. The van der Waals surface area contributed by atoms with E-state index in [1.54, 1.807) is 0 Å². The Bertz CT molecular complexity index is 536. The van der Waals surface area contributed by atoms with Gasteiger partial charge in [-0.3, -0.25) is 9.80 Å². The summed E-state index contributed by atoms with van der Waals surface area (Å²) in [6, 6.07) is 10.8. The van der Waals surface area contributed by atoms with E-state index in [2.05, 4.69) is 34.1 Å². The third-order valence-corrected chi connectivity index (χ3v) is 6.13. The Hall–Kier alpha value is -0.910. The highest BCUT2D eigenvalue weighted by Crippen LogP contribution is 2.19. The monoisotopic (exact) mass is 294 g/mol. The lowest BCUT2D eigenvalue weighted by Gasteiger charge is -2.37. The number of hydrogen-bond donors (Lipinski definition) is 0. The SMILES string of the molecule is O=S1(=O)CCC(N2CCN(Cc3ccccc3)CC2)C1. The summed E-state index contributed by atoms with van der Waals surface area (Å²) in [5.74, 6) is 0.744. The van der Waals surface area contributed by atoms with Crippen molar-refractivity contribution in [1.82, 2.24) is 9.80 Å². The molecule has 1 unspecified atom stereocenters. The van der Waals surface area contributed by atoms with Gasteiger partial charge in [-0.2, -0.15) is 0 Å². The average Bonchev–Trinajstić information content (AvgIpc) is 2.81. The van der Waals surface area contributed by atoms with Crippen LogP contribution in [0.15, 0.2) is 30.3 Å². The Balaban J connectivity index is 1.50. The Morgan fingerprint density at radius 3 is 2.35 bits per heavy atom. The summed E-state index contributed by atoms with van der Waals surface area (Å²) in [6.07, 6.45) is 0.820. The molecule has 0 N–H and O–H groups in total. The zero-order chi connectivity index (χ0) is 14.0. The molecule has 110 valence electrons. The molecule has 1 atom stereocenters. The first-order valence-electron chi connectivity index (χ1n) is 7.33. The molecule has 0 aliphatic carbocycles. The van der Waals surface area contributed by atoms with Crippen LogP contribution in [0, 0.1) is 0 Å². The van der Waals surface area contributed by atoms with Crippen LogP contribution < -0.4 is 0 Å². The minimum atomic E-state index is -2.76. The van der Waals surface area contributed by atoms with Gasteiger partial charge in [0.05, 0.1) is 11.5 Å². The molecule has 2 aliphatic rings. The lowest BCUT2D eigenvalue weighted by molar-refractivity contribution is 0.100. The minimum Gasteiger partial charge on any atom is -0.297 e. The topological polar surface area (TPSA) is 40.6 Å². The molecule has 0 amide bonds. The number of piperazine rings is 1. The maximum Gasteiger partial charge on any atom is 0.151 e. The summed E-state index contributed by atoms with van der Waals surface area (Å²) in [4.78, 5) is 4.82. The molecule has 4 nitrogen and oxygen atoms in total. The van der Waals surface area contributed by atoms with Gasteiger partial charge < -0.3 is 0 Å². The molecule has 3 rings (SSSR count). The molecule has 0 spiro atoms. The van der Waals surface area contributed by atoms with Gasteiger partial charge >= 0.3 is 0 Å². The van der Waals surface area contributed by atoms with Crippen LogP contribution in [0.5, 0.6) is 0 Å². The van der Waals surface area contributed by atoms with Crippen LogP contribution in [-0.2, 0) is 16.4 Å². The molecule has 1 aromatic carbocycles. The van der Waals surface area contributed by atoms with Crippen LogP contribution in [0.4, 0.5) is 0 Å². The minimum absolute atomic E-state index is 0.263. The average molecular weight is 294 g/mol. The van der Waals surface area contributed by atoms with Crippen molar-refractivity contribution in [3.8, 4) is 0 Å². The Labute approximate surface area is 121 Å². The standard InChI is InChI=1S/C15H22N2O2S/c18-20(19)11-6-15(13-20)17-9-7-16(8-10-17)12-14-4-2-1-3-5-14/h1-5,15H,6-13H2. The van der Waals surface area contributed by atoms with Crippen molar-refractivity contribution in [1.29, 1.82) is 0 Å². The second kappa shape index (κ2) is 5.84. The lowest BCUT2D eigenvalue weighted by atomic mass is 10.1. The fourth-order valence-electron chi connectivity index (χ4n) is 3.19. The largest absolute Gasteiger partial charge is 0.297 e. The molecular formula is C15H22N2O2S. The van der Waals surface area contributed by atoms with Crippen molar-refractivity contribution in [2.45, 2.75) is 19.0 Å². The number of nitrogens with zero attached hydrogens (tertiary/aromatic N) is 2. The molecule has 5 heteroatoms. The summed E-state index contributed by atoms with van der Waals surface area (Å²) in [5, 5.41) is 0. The molecule has 2 heterocycles. The van der Waals surface area contributed by atoms with Gasteiger partial charge in [0.25, 0.3) is 0 Å². The summed E-state index contributed by atoms with van der Waals surface area (Å²) < 4.78 is 23.1. The van der Waals surface area contributed by atoms with Gasteiger partial charge in [0.1, 0.15) is 0 Å². The van der Waals surface area contributed by atoms with Crippen molar-refractivity contribution >= 4 is 9.84 Å². The molecule has 2 fully saturated rings. The van der Waals surface area contributed by atoms with Gasteiger partial charge in [-0.1, -0.05) is 30.3 Å². The molecule has 0 radical (unpaired) electrons. The summed E-state index contributed by atoms with van der Waals surface area (Å²) >= 11 is 0. The third kappa shape index (κ3) is 3.40. The second-order valence-electron chi connectivity index (χ2n) is 5.85. The zero-order valence-corrected chi connectivity index (χ0v) is 12.6. The number of benzene rings is 1. The highest BCUT2D eigenvalue weighted by atomic mass is 32.2. The molecule has 1 aromatic rings. The van der Waals surface area contributed by atoms with Gasteiger partial charge in [0.2, 0.25) is 0 Å². The lowest BCUT2D eigenvalue weighted by Crippen LogP contribution is -2.50. The Morgan fingerprint density at radius 1 is 1.05 bits per heavy atom. The molecule has 2 saturated heterocycles. The maximum absolute atomic E-state index is 11.6. The Kier molecular flexibility index (Phi) is 4.10. The molecule has 0 aromatic heterocycles. The van der Waals surface area contributed by atoms with Crippen molar-refractivity contribution < 1.29 is 8.42 Å². The summed E-state index contributed by atoms with van der Waals surface area (Å²) in [7, 11) is -2.76. The van der Waals surface area contributed by atoms with Gasteiger partial charge in [-0.25, -0.2) is 8.42 Å². The van der Waals surface area contributed by atoms with Crippen molar-refractivity contribution in [2.75, 3.05) is 37.7 Å². The summed E-state index contributed by atoms with van der Waals surface area (Å²) in [6.45, 7) is 5.05. The van der Waals surface area contributed by atoms with Crippen molar-refractivity contribution in [2.24, 2.45) is 0 Å². The number of sulfone groups is 1. The van der Waals surface area contributed by atoms with E-state index in [0.29, 0.717) is 11.5 Å². The van der Waals surface area contributed by atoms with Crippen LogP contribution in [0.3, 0.4) is 0 Å². The van der Waals surface area contributed by atoms with Gasteiger partial charge in [0, 0.05) is 38.8 Å². The predicted molar refractivity (Wildman–Crippen MR) is 80.4 cm³/mol. The molecule has 0 saturated carbocycles. The first-order chi connectivity index (χ1) is 9.62. The van der Waals surface area contributed by atoms with E-state index in [0.717, 1.165) is 39.1 Å². The van der Waals surface area contributed by atoms with Crippen LogP contribution in [-0.4, -0.2) is 61.9 Å². The fourth-order valence-corrected chi connectivity index (χ4v) is 4.95. The van der Waals surface area contributed by atoms with Crippen LogP contribution in [0.1, 0.15) is 12.0 Å². The van der Waals surface area contributed by atoms with E-state index < -0.39 is 9.84 Å². The van der Waals surface area contributed by atoms with E-state index >= 15 is 0 Å². The van der Waals surface area contributed by atoms with Gasteiger partial charge in [0.15, 0.2) is 9.84 Å². The van der Waals surface area contributed by atoms with Crippen LogP contribution in [0.2, 0.25) is 0 Å². The summed E-state index contributed by atoms with van der Waals surface area (Å²) in [5.41, 5.74) is 1.35. The predicted octanol–water partition coefficient (Wildman–Crippen LogP) is 0.991. The molecule has 20 heavy (non-hydrogen) atoms. The van der Waals surface area contributed by atoms with Crippen LogP contribution in [0.25, 0.3) is 0 Å². The van der Waals surface area contributed by atoms with Crippen molar-refractivity contribution in [3.05, 3.63) is 35.9 Å². The normalized spacial score (nSPS) is 27.7. The molecule has 0 bridgehead atoms. The van der Waals surface area contributed by atoms with Crippen LogP contribution >= 0.6 is 0 Å². The number of hydrogen-bond acceptors (Lipinski definition) is 4. The van der Waals surface area contributed by atoms with E-state index in [9.17, 15) is 8.42 Å². The second-order valence-corrected chi connectivity index (χ2v) is 8.08. The van der Waals surface area contributed by atoms with E-state index in [1.807, 2.05) is 6.07 Å². The van der Waals surface area contributed by atoms with E-state index in [1.165, 1.54) is 5.56 Å². The molecular weight excluding hydrogens is 272 g/mol. The first-order valence-corrected chi connectivity index (χ1v) is 9.15. The molecule has 2 aliphatic heterocycles. The smallest absolute Gasteiger partial charge is 0.151 e. The maximum atomic E-state index is 11.6.